The van der Waals surface area contributed by atoms with Gasteiger partial charge >= 0.3 is 0 Å². The highest BCUT2D eigenvalue weighted by molar-refractivity contribution is 9.10. The van der Waals surface area contributed by atoms with Crippen molar-refractivity contribution in [2.45, 2.75) is 50.9 Å². The van der Waals surface area contributed by atoms with Crippen molar-refractivity contribution in [3.8, 4) is 0 Å². The van der Waals surface area contributed by atoms with E-state index in [4.69, 9.17) is 4.99 Å². The lowest BCUT2D eigenvalue weighted by Gasteiger charge is -2.42. The molecule has 1 aromatic rings. The summed E-state index contributed by atoms with van der Waals surface area (Å²) in [4.78, 5) is 19.1. The standard InChI is InChI=1S/C22H33BrN4O/c1-3-25-21(27-12-8-17(9-13-27)14-20(28)24-2)26-16-22(10-5-11-22)18-6-4-7-19(23)15-18/h4,6-7,15,17H,3,5,8-14,16H2,1-2H3,(H,24,28)(H,25,26). The van der Waals surface area contributed by atoms with Crippen LogP contribution in [0.15, 0.2) is 33.7 Å². The number of carbonyl (C=O) groups is 1. The van der Waals surface area contributed by atoms with Crippen LogP contribution < -0.4 is 10.6 Å². The van der Waals surface area contributed by atoms with Crippen molar-refractivity contribution >= 4 is 27.8 Å². The molecule has 28 heavy (non-hydrogen) atoms. The normalized spacial score (nSPS) is 19.8. The molecule has 6 heteroatoms. The van der Waals surface area contributed by atoms with E-state index in [1.807, 2.05) is 0 Å². The number of nitrogens with one attached hydrogen (secondary N) is 2. The minimum absolute atomic E-state index is 0.153. The Balaban J connectivity index is 1.65. The molecule has 0 unspecified atom stereocenters. The average molecular weight is 449 g/mol. The lowest BCUT2D eigenvalue weighted by atomic mass is 9.64. The molecule has 3 rings (SSSR count). The van der Waals surface area contributed by atoms with Crippen molar-refractivity contribution in [1.82, 2.24) is 15.5 Å². The SMILES string of the molecule is CCNC(=NCC1(c2cccc(Br)c2)CCC1)N1CCC(CC(=O)NC)CC1. The topological polar surface area (TPSA) is 56.7 Å². The van der Waals surface area contributed by atoms with Gasteiger partial charge in [-0.3, -0.25) is 9.79 Å². The quantitative estimate of drug-likeness (QED) is 0.515. The number of halogens is 1. The largest absolute Gasteiger partial charge is 0.359 e. The first kappa shape index (κ1) is 21.2. The van der Waals surface area contributed by atoms with Gasteiger partial charge < -0.3 is 15.5 Å². The summed E-state index contributed by atoms with van der Waals surface area (Å²) in [7, 11) is 1.72. The summed E-state index contributed by atoms with van der Waals surface area (Å²) in [6, 6.07) is 8.72. The molecule has 2 N–H and O–H groups in total. The molecular formula is C22H33BrN4O. The minimum Gasteiger partial charge on any atom is -0.359 e. The first-order valence-electron chi connectivity index (χ1n) is 10.6. The Morgan fingerprint density at radius 3 is 2.64 bits per heavy atom. The van der Waals surface area contributed by atoms with Crippen LogP contribution in [-0.2, 0) is 10.2 Å². The summed E-state index contributed by atoms with van der Waals surface area (Å²) in [6.07, 6.45) is 6.44. The van der Waals surface area contributed by atoms with Crippen molar-refractivity contribution in [1.29, 1.82) is 0 Å². The van der Waals surface area contributed by atoms with E-state index in [2.05, 4.69) is 62.7 Å². The number of hydrogen-bond donors (Lipinski definition) is 2. The van der Waals surface area contributed by atoms with E-state index < -0.39 is 0 Å². The average Bonchev–Trinajstić information content (AvgIpc) is 2.67. The maximum Gasteiger partial charge on any atom is 0.220 e. The fraction of sp³-hybridized carbons (Fsp3) is 0.636. The third-order valence-electron chi connectivity index (χ3n) is 6.28. The predicted octanol–water partition coefficient (Wildman–Crippen LogP) is 3.68. The highest BCUT2D eigenvalue weighted by Gasteiger charge is 2.39. The van der Waals surface area contributed by atoms with E-state index in [0.717, 1.165) is 49.5 Å². The summed E-state index contributed by atoms with van der Waals surface area (Å²) in [5.74, 6) is 1.67. The van der Waals surface area contributed by atoms with Gasteiger partial charge in [-0.1, -0.05) is 34.5 Å². The van der Waals surface area contributed by atoms with Crippen molar-refractivity contribution in [3.63, 3.8) is 0 Å². The number of rotatable bonds is 6. The molecule has 1 aliphatic heterocycles. The van der Waals surface area contributed by atoms with E-state index >= 15 is 0 Å². The molecule has 1 saturated carbocycles. The number of aliphatic imine (C=N–C) groups is 1. The Morgan fingerprint density at radius 2 is 2.07 bits per heavy atom. The first-order chi connectivity index (χ1) is 13.6. The molecule has 2 fully saturated rings. The first-order valence-corrected chi connectivity index (χ1v) is 11.4. The molecule has 0 aromatic heterocycles. The molecule has 1 heterocycles. The molecule has 1 aliphatic carbocycles. The van der Waals surface area contributed by atoms with E-state index in [-0.39, 0.29) is 11.3 Å². The summed E-state index contributed by atoms with van der Waals surface area (Å²) in [5, 5.41) is 6.23. The second-order valence-corrected chi connectivity index (χ2v) is 9.04. The molecule has 154 valence electrons. The third-order valence-corrected chi connectivity index (χ3v) is 6.77. The third kappa shape index (κ3) is 5.07. The lowest BCUT2D eigenvalue weighted by Crippen LogP contribution is -2.47. The van der Waals surface area contributed by atoms with E-state index in [9.17, 15) is 4.79 Å². The molecule has 0 spiro atoms. The van der Waals surface area contributed by atoms with Gasteiger partial charge in [0.1, 0.15) is 0 Å². The Kier molecular flexibility index (Phi) is 7.38. The number of likely N-dealkylation sites (tertiary alicyclic amines) is 1. The number of benzene rings is 1. The van der Waals surface area contributed by atoms with Gasteiger partial charge in [0.05, 0.1) is 6.54 Å². The number of hydrogen-bond acceptors (Lipinski definition) is 2. The summed E-state index contributed by atoms with van der Waals surface area (Å²) < 4.78 is 1.14. The van der Waals surface area contributed by atoms with E-state index in [0.29, 0.717) is 12.3 Å². The second-order valence-electron chi connectivity index (χ2n) is 8.12. The van der Waals surface area contributed by atoms with Crippen molar-refractivity contribution in [2.24, 2.45) is 10.9 Å². The Bertz CT molecular complexity index is 694. The minimum atomic E-state index is 0.153. The van der Waals surface area contributed by atoms with Gasteiger partial charge in [-0.25, -0.2) is 0 Å². The van der Waals surface area contributed by atoms with Crippen molar-refractivity contribution in [3.05, 3.63) is 34.3 Å². The smallest absolute Gasteiger partial charge is 0.220 e. The van der Waals surface area contributed by atoms with Crippen LogP contribution in [0.25, 0.3) is 0 Å². The van der Waals surface area contributed by atoms with Crippen LogP contribution in [0.1, 0.15) is 51.0 Å². The van der Waals surface area contributed by atoms with Crippen LogP contribution in [0.3, 0.4) is 0 Å². The maximum absolute atomic E-state index is 11.6. The number of amides is 1. The van der Waals surface area contributed by atoms with Gasteiger partial charge in [0.15, 0.2) is 5.96 Å². The molecule has 5 nitrogen and oxygen atoms in total. The van der Waals surface area contributed by atoms with Crippen LogP contribution in [0.2, 0.25) is 0 Å². The fourth-order valence-electron chi connectivity index (χ4n) is 4.33. The highest BCUT2D eigenvalue weighted by Crippen LogP contribution is 2.44. The molecule has 0 bridgehead atoms. The fourth-order valence-corrected chi connectivity index (χ4v) is 4.72. The van der Waals surface area contributed by atoms with Crippen LogP contribution >= 0.6 is 15.9 Å². The van der Waals surface area contributed by atoms with Gasteiger partial charge in [-0.05, 0) is 56.2 Å². The monoisotopic (exact) mass is 448 g/mol. The zero-order valence-electron chi connectivity index (χ0n) is 17.1. The predicted molar refractivity (Wildman–Crippen MR) is 119 cm³/mol. The highest BCUT2D eigenvalue weighted by atomic mass is 79.9. The van der Waals surface area contributed by atoms with Gasteiger partial charge in [0.2, 0.25) is 5.91 Å². The van der Waals surface area contributed by atoms with Crippen LogP contribution in [0.4, 0.5) is 0 Å². The molecule has 1 amide bonds. The number of nitrogens with zero attached hydrogens (tertiary/aromatic N) is 2. The van der Waals surface area contributed by atoms with Crippen LogP contribution in [0, 0.1) is 5.92 Å². The van der Waals surface area contributed by atoms with E-state index in [1.54, 1.807) is 7.05 Å². The number of guanidine groups is 1. The second kappa shape index (κ2) is 9.77. The van der Waals surface area contributed by atoms with Crippen LogP contribution in [-0.4, -0.2) is 50.0 Å². The molecule has 0 radical (unpaired) electrons. The number of carbonyl (C=O) groups excluding carboxylic acids is 1. The summed E-state index contributed by atoms with van der Waals surface area (Å²) in [6.45, 7) is 5.78. The number of piperidine rings is 1. The summed E-state index contributed by atoms with van der Waals surface area (Å²) in [5.41, 5.74) is 1.58. The Labute approximate surface area is 177 Å². The Hall–Kier alpha value is -1.56. The Morgan fingerprint density at radius 1 is 1.32 bits per heavy atom. The van der Waals surface area contributed by atoms with Gasteiger partial charge in [-0.15, -0.1) is 0 Å². The van der Waals surface area contributed by atoms with Gasteiger partial charge in [0.25, 0.3) is 0 Å². The maximum atomic E-state index is 11.6. The zero-order valence-corrected chi connectivity index (χ0v) is 18.7. The van der Waals surface area contributed by atoms with Gasteiger partial charge in [-0.2, -0.15) is 0 Å². The van der Waals surface area contributed by atoms with Crippen molar-refractivity contribution in [2.75, 3.05) is 33.2 Å². The molecule has 0 atom stereocenters. The van der Waals surface area contributed by atoms with Gasteiger partial charge in [0, 0.05) is 43.0 Å². The lowest BCUT2D eigenvalue weighted by molar-refractivity contribution is -0.121. The van der Waals surface area contributed by atoms with Crippen LogP contribution in [0.5, 0.6) is 0 Å². The van der Waals surface area contributed by atoms with Crippen molar-refractivity contribution < 1.29 is 4.79 Å². The van der Waals surface area contributed by atoms with E-state index in [1.165, 1.54) is 24.8 Å². The molecular weight excluding hydrogens is 416 g/mol. The summed E-state index contributed by atoms with van der Waals surface area (Å²) >= 11 is 3.62. The zero-order chi connectivity index (χ0) is 20.0. The molecule has 1 aromatic carbocycles. The molecule has 2 aliphatic rings. The molecule has 1 saturated heterocycles.